The van der Waals surface area contributed by atoms with Gasteiger partial charge in [-0.05, 0) is 38.7 Å². The highest BCUT2D eigenvalue weighted by Gasteiger charge is 2.20. The third-order valence-corrected chi connectivity index (χ3v) is 2.15. The first-order chi connectivity index (χ1) is 7.93. The van der Waals surface area contributed by atoms with Crippen LogP contribution in [-0.4, -0.2) is 28.8 Å². The van der Waals surface area contributed by atoms with Crippen LogP contribution in [0.4, 0.5) is 0 Å². The van der Waals surface area contributed by atoms with Crippen LogP contribution >= 0.6 is 0 Å². The quantitative estimate of drug-likeness (QED) is 0.480. The Kier molecular flexibility index (Phi) is 7.84. The van der Waals surface area contributed by atoms with Gasteiger partial charge < -0.3 is 14.9 Å². The molecule has 0 heterocycles. The standard InChI is InChI=1S/C12H20O5/c1-9(2)8-17-6-4-3-5-10(12(15)16)7-11(13)14/h8,10H,3-7H2,1-2H3,(H,13,14)(H,15,16). The Morgan fingerprint density at radius 1 is 1.24 bits per heavy atom. The lowest BCUT2D eigenvalue weighted by Crippen LogP contribution is -2.17. The van der Waals surface area contributed by atoms with E-state index < -0.39 is 17.9 Å². The van der Waals surface area contributed by atoms with Crippen molar-refractivity contribution in [1.29, 1.82) is 0 Å². The van der Waals surface area contributed by atoms with Gasteiger partial charge in [-0.2, -0.15) is 0 Å². The Labute approximate surface area is 101 Å². The van der Waals surface area contributed by atoms with Crippen molar-refractivity contribution in [1.82, 2.24) is 0 Å². The molecule has 1 unspecified atom stereocenters. The molecule has 0 saturated heterocycles. The van der Waals surface area contributed by atoms with Gasteiger partial charge in [0.05, 0.1) is 25.2 Å². The summed E-state index contributed by atoms with van der Waals surface area (Å²) in [6, 6.07) is 0. The maximum absolute atomic E-state index is 10.7. The second-order valence-corrected chi connectivity index (χ2v) is 4.19. The van der Waals surface area contributed by atoms with Crippen LogP contribution in [0.2, 0.25) is 0 Å². The summed E-state index contributed by atoms with van der Waals surface area (Å²) in [6.07, 6.45) is 3.10. The van der Waals surface area contributed by atoms with Crippen molar-refractivity contribution in [2.24, 2.45) is 5.92 Å². The molecule has 0 rings (SSSR count). The van der Waals surface area contributed by atoms with Crippen molar-refractivity contribution in [3.05, 3.63) is 11.8 Å². The molecule has 0 amide bonds. The third-order valence-electron chi connectivity index (χ3n) is 2.15. The summed E-state index contributed by atoms with van der Waals surface area (Å²) < 4.78 is 5.19. The highest BCUT2D eigenvalue weighted by molar-refractivity contribution is 5.77. The van der Waals surface area contributed by atoms with Crippen LogP contribution in [0.5, 0.6) is 0 Å². The lowest BCUT2D eigenvalue weighted by Gasteiger charge is -2.09. The van der Waals surface area contributed by atoms with Gasteiger partial charge in [-0.25, -0.2) is 0 Å². The summed E-state index contributed by atoms with van der Waals surface area (Å²) in [5.41, 5.74) is 1.07. The number of aliphatic carboxylic acids is 2. The van der Waals surface area contributed by atoms with Gasteiger partial charge in [0.2, 0.25) is 0 Å². The Hall–Kier alpha value is -1.52. The number of carboxylic acid groups (broad SMARTS) is 2. The molecule has 0 bridgehead atoms. The van der Waals surface area contributed by atoms with Crippen LogP contribution in [0.15, 0.2) is 11.8 Å². The van der Waals surface area contributed by atoms with Crippen LogP contribution in [-0.2, 0) is 14.3 Å². The molecule has 0 fully saturated rings. The normalized spacial score (nSPS) is 11.6. The first-order valence-electron chi connectivity index (χ1n) is 5.63. The van der Waals surface area contributed by atoms with Crippen molar-refractivity contribution < 1.29 is 24.5 Å². The van der Waals surface area contributed by atoms with Gasteiger partial charge >= 0.3 is 11.9 Å². The number of unbranched alkanes of at least 4 members (excludes halogenated alkanes) is 1. The molecule has 5 heteroatoms. The van der Waals surface area contributed by atoms with E-state index in [1.54, 1.807) is 6.26 Å². The van der Waals surface area contributed by atoms with Crippen molar-refractivity contribution in [2.75, 3.05) is 6.61 Å². The highest BCUT2D eigenvalue weighted by atomic mass is 16.5. The van der Waals surface area contributed by atoms with Gasteiger partial charge in [0.25, 0.3) is 0 Å². The Balaban J connectivity index is 3.72. The van der Waals surface area contributed by atoms with Gasteiger partial charge in [0.1, 0.15) is 0 Å². The minimum Gasteiger partial charge on any atom is -0.501 e. The first kappa shape index (κ1) is 15.5. The zero-order valence-electron chi connectivity index (χ0n) is 10.3. The Morgan fingerprint density at radius 2 is 1.88 bits per heavy atom. The number of ether oxygens (including phenoxy) is 1. The fourth-order valence-electron chi connectivity index (χ4n) is 1.33. The number of carboxylic acids is 2. The summed E-state index contributed by atoms with van der Waals surface area (Å²) in [7, 11) is 0. The molecule has 2 N–H and O–H groups in total. The van der Waals surface area contributed by atoms with Gasteiger partial charge in [0, 0.05) is 0 Å². The monoisotopic (exact) mass is 244 g/mol. The Morgan fingerprint density at radius 3 is 2.35 bits per heavy atom. The molecule has 0 aliphatic heterocycles. The predicted octanol–water partition coefficient (Wildman–Crippen LogP) is 2.27. The van der Waals surface area contributed by atoms with Crippen LogP contribution in [0.1, 0.15) is 39.5 Å². The smallest absolute Gasteiger partial charge is 0.307 e. The average Bonchev–Trinajstić information content (AvgIpc) is 2.20. The van der Waals surface area contributed by atoms with E-state index in [9.17, 15) is 9.59 Å². The first-order valence-corrected chi connectivity index (χ1v) is 5.63. The molecule has 0 radical (unpaired) electrons. The van der Waals surface area contributed by atoms with E-state index in [0.29, 0.717) is 19.4 Å². The lowest BCUT2D eigenvalue weighted by atomic mass is 9.99. The molecule has 17 heavy (non-hydrogen) atoms. The molecule has 0 aliphatic carbocycles. The zero-order chi connectivity index (χ0) is 13.3. The van der Waals surface area contributed by atoms with Crippen molar-refractivity contribution in [2.45, 2.75) is 39.5 Å². The van der Waals surface area contributed by atoms with Gasteiger partial charge in [-0.3, -0.25) is 9.59 Å². The molecule has 0 aromatic heterocycles. The highest BCUT2D eigenvalue weighted by Crippen LogP contribution is 2.13. The molecule has 5 nitrogen and oxygen atoms in total. The van der Waals surface area contributed by atoms with E-state index in [1.165, 1.54) is 0 Å². The van der Waals surface area contributed by atoms with E-state index in [4.69, 9.17) is 14.9 Å². The average molecular weight is 244 g/mol. The molecular formula is C12H20O5. The Bertz CT molecular complexity index is 279. The second kappa shape index (κ2) is 8.61. The molecule has 0 aromatic rings. The summed E-state index contributed by atoms with van der Waals surface area (Å²) >= 11 is 0. The van der Waals surface area contributed by atoms with E-state index in [2.05, 4.69) is 0 Å². The fourth-order valence-corrected chi connectivity index (χ4v) is 1.33. The molecule has 0 aliphatic rings. The number of carbonyl (C=O) groups is 2. The van der Waals surface area contributed by atoms with Crippen molar-refractivity contribution in [3.8, 4) is 0 Å². The summed E-state index contributed by atoms with van der Waals surface area (Å²) in [5, 5.41) is 17.3. The van der Waals surface area contributed by atoms with Crippen LogP contribution in [0, 0.1) is 5.92 Å². The minimum atomic E-state index is -1.07. The molecule has 1 atom stereocenters. The number of allylic oxidation sites excluding steroid dienone is 1. The van der Waals surface area contributed by atoms with E-state index in [0.717, 1.165) is 12.0 Å². The lowest BCUT2D eigenvalue weighted by molar-refractivity contribution is -0.148. The van der Waals surface area contributed by atoms with Crippen LogP contribution in [0.3, 0.4) is 0 Å². The van der Waals surface area contributed by atoms with E-state index in [-0.39, 0.29) is 6.42 Å². The molecular weight excluding hydrogens is 224 g/mol. The largest absolute Gasteiger partial charge is 0.501 e. The molecule has 98 valence electrons. The number of hydrogen-bond donors (Lipinski definition) is 2. The number of rotatable bonds is 9. The van der Waals surface area contributed by atoms with E-state index in [1.807, 2.05) is 13.8 Å². The second-order valence-electron chi connectivity index (χ2n) is 4.19. The SMILES string of the molecule is CC(C)=COCCCCC(CC(=O)O)C(=O)O. The summed E-state index contributed by atoms with van der Waals surface area (Å²) in [4.78, 5) is 21.2. The summed E-state index contributed by atoms with van der Waals surface area (Å²) in [6.45, 7) is 4.38. The maximum Gasteiger partial charge on any atom is 0.307 e. The van der Waals surface area contributed by atoms with Gasteiger partial charge in [-0.15, -0.1) is 0 Å². The van der Waals surface area contributed by atoms with Gasteiger partial charge in [-0.1, -0.05) is 0 Å². The van der Waals surface area contributed by atoms with Gasteiger partial charge in [0.15, 0.2) is 0 Å². The van der Waals surface area contributed by atoms with Crippen LogP contribution in [0.25, 0.3) is 0 Å². The van der Waals surface area contributed by atoms with Crippen LogP contribution < -0.4 is 0 Å². The fraction of sp³-hybridized carbons (Fsp3) is 0.667. The van der Waals surface area contributed by atoms with Crippen molar-refractivity contribution >= 4 is 11.9 Å². The van der Waals surface area contributed by atoms with E-state index >= 15 is 0 Å². The molecule has 0 aromatic carbocycles. The molecule has 0 spiro atoms. The van der Waals surface area contributed by atoms with Crippen molar-refractivity contribution in [3.63, 3.8) is 0 Å². The zero-order valence-corrected chi connectivity index (χ0v) is 10.3. The maximum atomic E-state index is 10.7. The predicted molar refractivity (Wildman–Crippen MR) is 62.6 cm³/mol. The minimum absolute atomic E-state index is 0.315. The number of hydrogen-bond acceptors (Lipinski definition) is 3. The molecule has 0 saturated carbocycles. The topological polar surface area (TPSA) is 83.8 Å². The third kappa shape index (κ3) is 9.41. The summed E-state index contributed by atoms with van der Waals surface area (Å²) in [5.74, 6) is -2.91.